The van der Waals surface area contributed by atoms with Crippen LogP contribution < -0.4 is 14.4 Å². The number of terminal acetylenes is 1. The number of hydrogen-bond acceptors (Lipinski definition) is 8. The van der Waals surface area contributed by atoms with E-state index in [9.17, 15) is 13.9 Å². The molecule has 44 heavy (non-hydrogen) atoms. The molecule has 3 aliphatic heterocycles. The van der Waals surface area contributed by atoms with Crippen molar-refractivity contribution < 1.29 is 27.8 Å². The van der Waals surface area contributed by atoms with Gasteiger partial charge in [-0.3, -0.25) is 4.90 Å². The standard InChI is InChI=1S/C33H32F3N5O3/c1-4-21-23(35)10-9-19-7-5-8-22(24(19)21)27-26(36)28-25-29(40(17-32(2,3)42)13-14-43-30(25)37-27)39-31(38-28)44-18-33-11-6-12-41(33)16-20(34)15-33/h1,5,7-10,20,42H,6,11-18H2,2-3H3/t20-,33+/m1/s1. The topological polar surface area (TPSA) is 83.8 Å². The molecule has 2 fully saturated rings. The number of hydrogen-bond donors (Lipinski definition) is 1. The van der Waals surface area contributed by atoms with Crippen LogP contribution in [0.15, 0.2) is 30.3 Å². The predicted octanol–water partition coefficient (Wildman–Crippen LogP) is 5.03. The van der Waals surface area contributed by atoms with E-state index >= 15 is 4.39 Å². The van der Waals surface area contributed by atoms with Crippen LogP contribution >= 0.6 is 0 Å². The largest absolute Gasteiger partial charge is 0.475 e. The summed E-state index contributed by atoms with van der Waals surface area (Å²) in [5.74, 6) is 1.42. The monoisotopic (exact) mass is 603 g/mol. The SMILES string of the molecule is C#Cc1c(F)ccc2cccc(-c3nc4c5c(nc(OC[C@@]67CCCN6C[C@H](F)C7)nc5c3F)N(CC(C)(C)O)CCO4)c12. The van der Waals surface area contributed by atoms with Crippen LogP contribution in [0, 0.1) is 24.0 Å². The Morgan fingerprint density at radius 3 is 2.80 bits per heavy atom. The molecule has 0 saturated carbocycles. The Hall–Kier alpha value is -4.14. The van der Waals surface area contributed by atoms with Gasteiger partial charge >= 0.3 is 6.01 Å². The number of anilines is 1. The molecule has 2 saturated heterocycles. The predicted molar refractivity (Wildman–Crippen MR) is 161 cm³/mol. The molecule has 1 N–H and O–H groups in total. The minimum absolute atomic E-state index is 0.00182. The number of fused-ring (bicyclic) bond motifs is 2. The summed E-state index contributed by atoms with van der Waals surface area (Å²) in [5.41, 5.74) is -1.50. The van der Waals surface area contributed by atoms with E-state index in [2.05, 4.69) is 25.8 Å². The fraction of sp³-hybridized carbons (Fsp3) is 0.424. The third-order valence-electron chi connectivity index (χ3n) is 8.81. The zero-order valence-electron chi connectivity index (χ0n) is 24.5. The average Bonchev–Trinajstić information content (AvgIpc) is 3.45. The summed E-state index contributed by atoms with van der Waals surface area (Å²) in [6.07, 6.45) is 6.84. The van der Waals surface area contributed by atoms with Crippen molar-refractivity contribution in [3.8, 4) is 35.5 Å². The number of benzene rings is 2. The lowest BCUT2D eigenvalue weighted by Gasteiger charge is -2.31. The van der Waals surface area contributed by atoms with Crippen LogP contribution in [0.2, 0.25) is 0 Å². The molecule has 0 amide bonds. The van der Waals surface area contributed by atoms with E-state index in [0.717, 1.165) is 19.4 Å². The number of aromatic nitrogens is 3. The fourth-order valence-corrected chi connectivity index (χ4v) is 7.00. The van der Waals surface area contributed by atoms with Crippen LogP contribution in [0.5, 0.6) is 11.9 Å². The van der Waals surface area contributed by atoms with Crippen molar-refractivity contribution in [3.63, 3.8) is 0 Å². The van der Waals surface area contributed by atoms with Gasteiger partial charge in [0.25, 0.3) is 0 Å². The number of pyridine rings is 1. The smallest absolute Gasteiger partial charge is 0.319 e. The summed E-state index contributed by atoms with van der Waals surface area (Å²) in [7, 11) is 0. The van der Waals surface area contributed by atoms with Gasteiger partial charge in [-0.05, 0) is 44.7 Å². The van der Waals surface area contributed by atoms with Crippen molar-refractivity contribution in [3.05, 3.63) is 47.5 Å². The third kappa shape index (κ3) is 4.77. The zero-order chi connectivity index (χ0) is 30.8. The number of nitrogens with zero attached hydrogens (tertiary/aromatic N) is 5. The molecule has 11 heteroatoms. The molecular weight excluding hydrogens is 571 g/mol. The minimum atomic E-state index is -1.11. The van der Waals surface area contributed by atoms with Gasteiger partial charge in [-0.2, -0.15) is 9.97 Å². The molecule has 0 spiro atoms. The average molecular weight is 604 g/mol. The second kappa shape index (κ2) is 10.5. The molecule has 2 atom stereocenters. The highest BCUT2D eigenvalue weighted by molar-refractivity contribution is 6.03. The van der Waals surface area contributed by atoms with Gasteiger partial charge in [0, 0.05) is 30.5 Å². The van der Waals surface area contributed by atoms with Crippen LogP contribution in [-0.2, 0) is 0 Å². The Morgan fingerprint density at radius 1 is 1.16 bits per heavy atom. The van der Waals surface area contributed by atoms with Crippen molar-refractivity contribution in [2.75, 3.05) is 44.3 Å². The lowest BCUT2D eigenvalue weighted by molar-refractivity contribution is 0.0864. The van der Waals surface area contributed by atoms with E-state index in [4.69, 9.17) is 15.9 Å². The maximum absolute atomic E-state index is 16.8. The van der Waals surface area contributed by atoms with Gasteiger partial charge in [0.05, 0.1) is 23.2 Å². The van der Waals surface area contributed by atoms with E-state index in [0.29, 0.717) is 36.1 Å². The molecule has 0 bridgehead atoms. The Bertz CT molecular complexity index is 1840. The summed E-state index contributed by atoms with van der Waals surface area (Å²) < 4.78 is 58.3. The third-order valence-corrected chi connectivity index (χ3v) is 8.81. The number of ether oxygens (including phenoxy) is 2. The molecule has 7 rings (SSSR count). The van der Waals surface area contributed by atoms with E-state index in [1.807, 2.05) is 0 Å². The van der Waals surface area contributed by atoms with Gasteiger partial charge in [-0.1, -0.05) is 30.2 Å². The van der Waals surface area contributed by atoms with E-state index in [1.54, 1.807) is 43.0 Å². The second-order valence-electron chi connectivity index (χ2n) is 12.5. The van der Waals surface area contributed by atoms with Gasteiger partial charge in [-0.25, -0.2) is 18.2 Å². The molecule has 0 aliphatic carbocycles. The Morgan fingerprint density at radius 2 is 2.00 bits per heavy atom. The number of β-amino-alcohol motifs (C(OH)–C–C–N with tert-alkyl or cyclic N) is 1. The summed E-state index contributed by atoms with van der Waals surface area (Å²) in [6, 6.07) is 7.90. The Kier molecular flexibility index (Phi) is 6.83. The molecule has 0 radical (unpaired) electrons. The quantitative estimate of drug-likeness (QED) is 0.308. The highest BCUT2D eigenvalue weighted by atomic mass is 19.1. The first kappa shape index (κ1) is 28.6. The maximum Gasteiger partial charge on any atom is 0.319 e. The highest BCUT2D eigenvalue weighted by Gasteiger charge is 2.49. The van der Waals surface area contributed by atoms with Crippen LogP contribution in [0.1, 0.15) is 38.7 Å². The fourth-order valence-electron chi connectivity index (χ4n) is 7.00. The van der Waals surface area contributed by atoms with E-state index in [-0.39, 0.29) is 59.4 Å². The van der Waals surface area contributed by atoms with Crippen LogP contribution in [0.3, 0.4) is 0 Å². The summed E-state index contributed by atoms with van der Waals surface area (Å²) in [6.45, 7) is 5.31. The number of halogens is 3. The molecule has 8 nitrogen and oxygen atoms in total. The van der Waals surface area contributed by atoms with Gasteiger partial charge in [0.15, 0.2) is 5.82 Å². The first-order valence-corrected chi connectivity index (χ1v) is 14.8. The molecular formula is C33H32F3N5O3. The first-order chi connectivity index (χ1) is 21.1. The summed E-state index contributed by atoms with van der Waals surface area (Å²) >= 11 is 0. The van der Waals surface area contributed by atoms with Crippen molar-refractivity contribution in [2.24, 2.45) is 0 Å². The molecule has 0 unspecified atom stereocenters. The lowest BCUT2D eigenvalue weighted by Crippen LogP contribution is -2.43. The van der Waals surface area contributed by atoms with Gasteiger partial charge in [-0.15, -0.1) is 6.42 Å². The van der Waals surface area contributed by atoms with Gasteiger partial charge < -0.3 is 19.5 Å². The second-order valence-corrected chi connectivity index (χ2v) is 12.5. The van der Waals surface area contributed by atoms with E-state index < -0.39 is 28.9 Å². The van der Waals surface area contributed by atoms with Crippen LogP contribution in [-0.4, -0.2) is 81.7 Å². The zero-order valence-corrected chi connectivity index (χ0v) is 24.5. The molecule has 3 aliphatic rings. The summed E-state index contributed by atoms with van der Waals surface area (Å²) in [4.78, 5) is 17.7. The number of aliphatic hydroxyl groups is 1. The van der Waals surface area contributed by atoms with Gasteiger partial charge in [0.2, 0.25) is 5.88 Å². The molecule has 4 aromatic rings. The normalized spacial score (nSPS) is 21.8. The maximum atomic E-state index is 16.8. The van der Waals surface area contributed by atoms with Crippen molar-refractivity contribution in [1.82, 2.24) is 19.9 Å². The Labute approximate surface area is 252 Å². The van der Waals surface area contributed by atoms with E-state index in [1.165, 1.54) is 6.07 Å². The van der Waals surface area contributed by atoms with Gasteiger partial charge in [0.1, 0.15) is 47.6 Å². The van der Waals surface area contributed by atoms with Crippen LogP contribution in [0.25, 0.3) is 32.9 Å². The number of rotatable bonds is 6. The Balaban J connectivity index is 1.42. The summed E-state index contributed by atoms with van der Waals surface area (Å²) in [5, 5.41) is 11.9. The molecule has 5 heterocycles. The molecule has 2 aromatic carbocycles. The van der Waals surface area contributed by atoms with Crippen molar-refractivity contribution >= 4 is 27.5 Å². The molecule has 2 aromatic heterocycles. The van der Waals surface area contributed by atoms with Crippen molar-refractivity contribution in [1.29, 1.82) is 0 Å². The minimum Gasteiger partial charge on any atom is -0.475 e. The van der Waals surface area contributed by atoms with Crippen molar-refractivity contribution in [2.45, 2.75) is 50.4 Å². The highest BCUT2D eigenvalue weighted by Crippen LogP contribution is 2.43. The lowest BCUT2D eigenvalue weighted by atomic mass is 9.95. The number of alkyl halides is 1. The first-order valence-electron chi connectivity index (χ1n) is 14.8. The van der Waals surface area contributed by atoms with Crippen LogP contribution in [0.4, 0.5) is 19.0 Å². The molecule has 228 valence electrons.